The molecule has 0 aliphatic rings. The summed E-state index contributed by atoms with van der Waals surface area (Å²) in [4.78, 5) is 22.2. The van der Waals surface area contributed by atoms with Crippen LogP contribution in [0.5, 0.6) is 0 Å². The van der Waals surface area contributed by atoms with Crippen LogP contribution in [0.1, 0.15) is 0 Å². The number of nitrogens with one attached hydrogen (secondary N) is 2. The van der Waals surface area contributed by atoms with Crippen molar-refractivity contribution in [3.05, 3.63) is 36.4 Å². The third kappa shape index (κ3) is 3.56. The number of hydrogen-bond acceptors (Lipinski definition) is 4. The van der Waals surface area contributed by atoms with Crippen molar-refractivity contribution in [2.75, 3.05) is 11.2 Å². The van der Waals surface area contributed by atoms with Gasteiger partial charge in [-0.25, -0.2) is 4.79 Å². The molecule has 0 spiro atoms. The lowest BCUT2D eigenvalue weighted by atomic mass is 10.2. The van der Waals surface area contributed by atoms with Crippen LogP contribution in [0.15, 0.2) is 40.9 Å². The Morgan fingerprint density at radius 2 is 2.00 bits per heavy atom. The average molecular weight is 280 g/mol. The van der Waals surface area contributed by atoms with E-state index in [1.165, 1.54) is 0 Å². The van der Waals surface area contributed by atoms with Crippen molar-refractivity contribution in [2.45, 2.75) is 0 Å². The molecule has 0 aliphatic carbocycles. The van der Waals surface area contributed by atoms with Crippen LogP contribution in [0.2, 0.25) is 0 Å². The maximum atomic E-state index is 11.3. The fourth-order valence-electron chi connectivity index (χ4n) is 1.38. The number of imide groups is 1. The number of urea groups is 1. The lowest BCUT2D eigenvalue weighted by Gasteiger charge is -2.00. The normalized spacial score (nSPS) is 9.95. The molecule has 6 nitrogen and oxygen atoms in total. The van der Waals surface area contributed by atoms with Crippen LogP contribution in [-0.2, 0) is 4.79 Å². The summed E-state index contributed by atoms with van der Waals surface area (Å²) in [7, 11) is 0. The number of hydrogen-bond donors (Lipinski definition) is 2. The van der Waals surface area contributed by atoms with E-state index in [1.54, 1.807) is 6.07 Å². The van der Waals surface area contributed by atoms with Crippen molar-refractivity contribution in [3.8, 4) is 11.3 Å². The minimum Gasteiger partial charge on any atom is -0.354 e. The number of nitrogens with zero attached hydrogens (tertiary/aromatic N) is 1. The molecular weight excluding hydrogens is 270 g/mol. The van der Waals surface area contributed by atoms with Crippen LogP contribution >= 0.6 is 11.6 Å². The van der Waals surface area contributed by atoms with Gasteiger partial charge in [0.05, 0.1) is 0 Å². The fraction of sp³-hybridized carbons (Fsp3) is 0.0833. The standard InChI is InChI=1S/C12H10ClN3O3/c13-7-11(17)15-12(18)14-10-6-9(19-16-10)8-4-2-1-3-5-8/h1-6H,7H2,(H2,14,15,16,17,18). The summed E-state index contributed by atoms with van der Waals surface area (Å²) in [6, 6.07) is 10.1. The first-order valence-corrected chi connectivity index (χ1v) is 5.91. The number of benzene rings is 1. The zero-order valence-corrected chi connectivity index (χ0v) is 10.5. The van der Waals surface area contributed by atoms with Gasteiger partial charge in [-0.2, -0.15) is 0 Å². The molecule has 98 valence electrons. The summed E-state index contributed by atoms with van der Waals surface area (Å²) >= 11 is 5.26. The number of aromatic nitrogens is 1. The number of amides is 3. The van der Waals surface area contributed by atoms with Crippen LogP contribution in [-0.4, -0.2) is 23.0 Å². The molecule has 1 aromatic carbocycles. The van der Waals surface area contributed by atoms with E-state index < -0.39 is 11.9 Å². The largest absolute Gasteiger partial charge is 0.354 e. The summed E-state index contributed by atoms with van der Waals surface area (Å²) < 4.78 is 5.08. The van der Waals surface area contributed by atoms with Crippen LogP contribution in [0, 0.1) is 0 Å². The summed E-state index contributed by atoms with van der Waals surface area (Å²) in [6.45, 7) is 0. The van der Waals surface area contributed by atoms with Gasteiger partial charge in [-0.1, -0.05) is 35.5 Å². The molecule has 7 heteroatoms. The van der Waals surface area contributed by atoms with Gasteiger partial charge >= 0.3 is 6.03 Å². The number of carbonyl (C=O) groups excluding carboxylic acids is 2. The molecule has 19 heavy (non-hydrogen) atoms. The molecule has 0 atom stereocenters. The SMILES string of the molecule is O=C(CCl)NC(=O)Nc1cc(-c2ccccc2)on1. The number of anilines is 1. The van der Waals surface area contributed by atoms with Gasteiger partial charge in [-0.05, 0) is 0 Å². The molecular formula is C12H10ClN3O3. The van der Waals surface area contributed by atoms with E-state index in [9.17, 15) is 9.59 Å². The molecule has 2 rings (SSSR count). The first-order chi connectivity index (χ1) is 9.19. The molecule has 0 saturated heterocycles. The Balaban J connectivity index is 2.02. The minimum atomic E-state index is -0.710. The van der Waals surface area contributed by atoms with E-state index >= 15 is 0 Å². The summed E-state index contributed by atoms with van der Waals surface area (Å²) in [5.41, 5.74) is 0.834. The van der Waals surface area contributed by atoms with Crippen molar-refractivity contribution in [3.63, 3.8) is 0 Å². The molecule has 0 saturated carbocycles. The zero-order valence-electron chi connectivity index (χ0n) is 9.72. The minimum absolute atomic E-state index is 0.207. The van der Waals surface area contributed by atoms with E-state index in [4.69, 9.17) is 16.1 Å². The van der Waals surface area contributed by atoms with Gasteiger partial charge in [0.25, 0.3) is 0 Å². The third-order valence-corrected chi connectivity index (χ3v) is 2.43. The van der Waals surface area contributed by atoms with Gasteiger partial charge in [0.15, 0.2) is 11.6 Å². The Hall–Kier alpha value is -2.34. The number of halogens is 1. The molecule has 0 unspecified atom stereocenters. The van der Waals surface area contributed by atoms with Crippen LogP contribution in [0.4, 0.5) is 10.6 Å². The van der Waals surface area contributed by atoms with Crippen molar-refractivity contribution < 1.29 is 14.1 Å². The predicted octanol–water partition coefficient (Wildman–Crippen LogP) is 2.23. The first kappa shape index (κ1) is 13.1. The van der Waals surface area contributed by atoms with Crippen molar-refractivity contribution in [1.82, 2.24) is 10.5 Å². The quantitative estimate of drug-likeness (QED) is 0.844. The third-order valence-electron chi connectivity index (χ3n) is 2.18. The predicted molar refractivity (Wildman–Crippen MR) is 69.8 cm³/mol. The molecule has 0 fully saturated rings. The van der Waals surface area contributed by atoms with Crippen molar-refractivity contribution >= 4 is 29.4 Å². The summed E-state index contributed by atoms with van der Waals surface area (Å²) in [5.74, 6) is -0.161. The van der Waals surface area contributed by atoms with Gasteiger partial charge in [0, 0.05) is 11.6 Å². The maximum absolute atomic E-state index is 11.3. The second kappa shape index (κ2) is 6.01. The van der Waals surface area contributed by atoms with Gasteiger partial charge in [-0.15, -0.1) is 11.6 Å². The highest BCUT2D eigenvalue weighted by Gasteiger charge is 2.10. The number of rotatable bonds is 3. The molecule has 0 bridgehead atoms. The lowest BCUT2D eigenvalue weighted by Crippen LogP contribution is -2.35. The Kier molecular flexibility index (Phi) is 4.15. The molecule has 2 aromatic rings. The highest BCUT2D eigenvalue weighted by molar-refractivity contribution is 6.28. The van der Waals surface area contributed by atoms with Gasteiger partial charge in [-0.3, -0.25) is 15.4 Å². The molecule has 0 aliphatic heterocycles. The fourth-order valence-corrected chi connectivity index (χ4v) is 1.45. The Bertz CT molecular complexity index is 583. The molecule has 1 heterocycles. The molecule has 3 amide bonds. The van der Waals surface area contributed by atoms with Crippen LogP contribution < -0.4 is 10.6 Å². The van der Waals surface area contributed by atoms with E-state index in [2.05, 4.69) is 10.5 Å². The monoisotopic (exact) mass is 279 g/mol. The van der Waals surface area contributed by atoms with Gasteiger partial charge < -0.3 is 4.52 Å². The highest BCUT2D eigenvalue weighted by atomic mass is 35.5. The Morgan fingerprint density at radius 1 is 1.26 bits per heavy atom. The van der Waals surface area contributed by atoms with Crippen molar-refractivity contribution in [2.24, 2.45) is 0 Å². The van der Waals surface area contributed by atoms with Gasteiger partial charge in [0.2, 0.25) is 5.91 Å². The summed E-state index contributed by atoms with van der Waals surface area (Å²) in [5, 5.41) is 8.06. The average Bonchev–Trinajstić information content (AvgIpc) is 2.88. The van der Waals surface area contributed by atoms with Crippen molar-refractivity contribution in [1.29, 1.82) is 0 Å². The highest BCUT2D eigenvalue weighted by Crippen LogP contribution is 2.21. The van der Waals surface area contributed by atoms with E-state index in [1.807, 2.05) is 35.6 Å². The van der Waals surface area contributed by atoms with E-state index in [0.29, 0.717) is 5.76 Å². The Morgan fingerprint density at radius 3 is 2.68 bits per heavy atom. The molecule has 0 radical (unpaired) electrons. The number of alkyl halides is 1. The van der Waals surface area contributed by atoms with Gasteiger partial charge in [0.1, 0.15) is 5.88 Å². The smallest absolute Gasteiger partial charge is 0.327 e. The first-order valence-electron chi connectivity index (χ1n) is 5.38. The molecule has 2 N–H and O–H groups in total. The maximum Gasteiger partial charge on any atom is 0.327 e. The lowest BCUT2D eigenvalue weighted by molar-refractivity contribution is -0.117. The summed E-state index contributed by atoms with van der Waals surface area (Å²) in [6.07, 6.45) is 0. The van der Waals surface area contributed by atoms with Crippen LogP contribution in [0.25, 0.3) is 11.3 Å². The van der Waals surface area contributed by atoms with E-state index in [-0.39, 0.29) is 11.7 Å². The number of carbonyl (C=O) groups is 2. The van der Waals surface area contributed by atoms with Crippen LogP contribution in [0.3, 0.4) is 0 Å². The molecule has 1 aromatic heterocycles. The topological polar surface area (TPSA) is 84.2 Å². The Labute approximate surface area is 113 Å². The second-order valence-corrected chi connectivity index (χ2v) is 3.85. The zero-order chi connectivity index (χ0) is 13.7. The second-order valence-electron chi connectivity index (χ2n) is 3.58. The van der Waals surface area contributed by atoms with E-state index in [0.717, 1.165) is 5.56 Å².